The molecule has 7 nitrogen and oxygen atoms in total. The average molecular weight is 389 g/mol. The van der Waals surface area contributed by atoms with Crippen molar-refractivity contribution in [3.63, 3.8) is 0 Å². The fourth-order valence-electron chi connectivity index (χ4n) is 2.23. The van der Waals surface area contributed by atoms with Crippen molar-refractivity contribution < 1.29 is 9.47 Å². The molecule has 0 unspecified atom stereocenters. The van der Waals surface area contributed by atoms with E-state index in [4.69, 9.17) is 26.3 Å². The predicted octanol–water partition coefficient (Wildman–Crippen LogP) is 3.11. The summed E-state index contributed by atoms with van der Waals surface area (Å²) in [4.78, 5) is 16.7. The van der Waals surface area contributed by atoms with Crippen LogP contribution in [0.1, 0.15) is 16.3 Å². The molecule has 0 aliphatic heterocycles. The number of hydrogen-bond acceptors (Lipinski definition) is 7. The molecular weight excluding hydrogens is 376 g/mol. The van der Waals surface area contributed by atoms with Gasteiger partial charge in [-0.25, -0.2) is 4.98 Å². The van der Waals surface area contributed by atoms with E-state index in [1.165, 1.54) is 29.0 Å². The first-order chi connectivity index (χ1) is 12.5. The topological polar surface area (TPSA) is 89.5 Å². The monoisotopic (exact) mass is 388 g/mol. The second-order valence-corrected chi connectivity index (χ2v) is 6.55. The Morgan fingerprint density at radius 3 is 2.96 bits per heavy atom. The lowest BCUT2D eigenvalue weighted by molar-refractivity contribution is 0.329. The SMILES string of the molecule is COc1cc(/C=C(\Cl)c2nn3c(=O)cc(C)nc3s2)ccc1OCC#N. The first-order valence-corrected chi connectivity index (χ1v) is 8.64. The van der Waals surface area contributed by atoms with Gasteiger partial charge in [-0.05, 0) is 30.7 Å². The molecule has 0 amide bonds. The van der Waals surface area contributed by atoms with Crippen LogP contribution in [0.2, 0.25) is 0 Å². The highest BCUT2D eigenvalue weighted by molar-refractivity contribution is 7.18. The van der Waals surface area contributed by atoms with Crippen LogP contribution in [-0.2, 0) is 0 Å². The van der Waals surface area contributed by atoms with Gasteiger partial charge in [-0.1, -0.05) is 29.0 Å². The maximum atomic E-state index is 12.0. The van der Waals surface area contributed by atoms with Crippen molar-refractivity contribution in [2.45, 2.75) is 6.92 Å². The van der Waals surface area contributed by atoms with E-state index in [-0.39, 0.29) is 12.2 Å². The number of aryl methyl sites for hydroxylation is 1. The number of nitriles is 1. The van der Waals surface area contributed by atoms with E-state index in [0.717, 1.165) is 5.56 Å². The Kier molecular flexibility index (Phi) is 5.21. The van der Waals surface area contributed by atoms with Crippen molar-refractivity contribution in [2.75, 3.05) is 13.7 Å². The van der Waals surface area contributed by atoms with E-state index in [9.17, 15) is 4.79 Å². The van der Waals surface area contributed by atoms with Crippen LogP contribution in [0.15, 0.2) is 29.1 Å². The van der Waals surface area contributed by atoms with Crippen LogP contribution in [0.4, 0.5) is 0 Å². The standard InChI is InChI=1S/C17H13ClN4O3S/c1-10-7-15(23)22-17(20-10)26-16(21-22)12(18)8-11-3-4-13(25-6-5-19)14(9-11)24-2/h3-4,7-9H,6H2,1-2H3/b12-8-. The van der Waals surface area contributed by atoms with E-state index in [0.29, 0.717) is 32.2 Å². The van der Waals surface area contributed by atoms with Crippen molar-refractivity contribution in [1.29, 1.82) is 5.26 Å². The van der Waals surface area contributed by atoms with Crippen LogP contribution in [-0.4, -0.2) is 28.3 Å². The second kappa shape index (κ2) is 7.56. The summed E-state index contributed by atoms with van der Waals surface area (Å²) in [6.07, 6.45) is 1.70. The highest BCUT2D eigenvalue weighted by atomic mass is 35.5. The van der Waals surface area contributed by atoms with Crippen LogP contribution in [0.5, 0.6) is 11.5 Å². The average Bonchev–Trinajstić information content (AvgIpc) is 3.05. The summed E-state index contributed by atoms with van der Waals surface area (Å²) in [6.45, 7) is 1.68. The normalized spacial score (nSPS) is 11.4. The molecule has 0 fully saturated rings. The minimum atomic E-state index is -0.250. The van der Waals surface area contributed by atoms with Gasteiger partial charge in [0.2, 0.25) is 4.96 Å². The van der Waals surface area contributed by atoms with E-state index in [2.05, 4.69) is 10.1 Å². The quantitative estimate of drug-likeness (QED) is 0.667. The molecule has 132 valence electrons. The summed E-state index contributed by atoms with van der Waals surface area (Å²) < 4.78 is 11.8. The van der Waals surface area contributed by atoms with Gasteiger partial charge in [-0.2, -0.15) is 14.9 Å². The lowest BCUT2D eigenvalue weighted by atomic mass is 10.2. The molecule has 9 heteroatoms. The number of hydrogen-bond donors (Lipinski definition) is 0. The summed E-state index contributed by atoms with van der Waals surface area (Å²) in [5.74, 6) is 0.949. The van der Waals surface area contributed by atoms with Crippen molar-refractivity contribution >= 4 is 39.0 Å². The molecule has 0 atom stereocenters. The Bertz CT molecular complexity index is 1100. The largest absolute Gasteiger partial charge is 0.493 e. The van der Waals surface area contributed by atoms with E-state index in [1.807, 2.05) is 6.07 Å². The lowest BCUT2D eigenvalue weighted by Gasteiger charge is -2.08. The van der Waals surface area contributed by atoms with Crippen LogP contribution in [0.3, 0.4) is 0 Å². The van der Waals surface area contributed by atoms with Crippen molar-refractivity contribution in [1.82, 2.24) is 14.6 Å². The predicted molar refractivity (Wildman–Crippen MR) is 99.7 cm³/mol. The third-order valence-corrected chi connectivity index (χ3v) is 4.69. The van der Waals surface area contributed by atoms with Gasteiger partial charge in [0.25, 0.3) is 5.56 Å². The molecular formula is C17H13ClN4O3S. The number of rotatable bonds is 5. The zero-order chi connectivity index (χ0) is 18.7. The molecule has 26 heavy (non-hydrogen) atoms. The Hall–Kier alpha value is -2.89. The minimum Gasteiger partial charge on any atom is -0.493 e. The van der Waals surface area contributed by atoms with Crippen LogP contribution < -0.4 is 15.0 Å². The van der Waals surface area contributed by atoms with Crippen LogP contribution in [0, 0.1) is 18.3 Å². The summed E-state index contributed by atoms with van der Waals surface area (Å²) >= 11 is 7.60. The molecule has 0 saturated carbocycles. The maximum Gasteiger partial charge on any atom is 0.275 e. The van der Waals surface area contributed by atoms with Crippen molar-refractivity contribution in [2.24, 2.45) is 0 Å². The second-order valence-electron chi connectivity index (χ2n) is 5.19. The fourth-order valence-corrected chi connectivity index (χ4v) is 3.37. The minimum absolute atomic E-state index is 0.0703. The van der Waals surface area contributed by atoms with E-state index < -0.39 is 0 Å². The molecule has 0 N–H and O–H groups in total. The molecule has 2 heterocycles. The number of aromatic nitrogens is 3. The van der Waals surface area contributed by atoms with E-state index >= 15 is 0 Å². The molecule has 0 bridgehead atoms. The lowest BCUT2D eigenvalue weighted by Crippen LogP contribution is -2.14. The smallest absolute Gasteiger partial charge is 0.275 e. The molecule has 3 rings (SSSR count). The molecule has 0 aliphatic carbocycles. The van der Waals surface area contributed by atoms with Gasteiger partial charge in [0.05, 0.1) is 12.1 Å². The molecule has 3 aromatic rings. The Balaban J connectivity index is 1.96. The Morgan fingerprint density at radius 1 is 1.42 bits per heavy atom. The van der Waals surface area contributed by atoms with Gasteiger partial charge < -0.3 is 9.47 Å². The molecule has 0 spiro atoms. The number of nitrogens with zero attached hydrogens (tertiary/aromatic N) is 4. The number of methoxy groups -OCH3 is 1. The van der Waals surface area contributed by atoms with Crippen LogP contribution in [0.25, 0.3) is 16.1 Å². The zero-order valence-electron chi connectivity index (χ0n) is 13.9. The molecule has 0 aliphatic rings. The molecule has 0 saturated heterocycles. The zero-order valence-corrected chi connectivity index (χ0v) is 15.5. The summed E-state index contributed by atoms with van der Waals surface area (Å²) in [7, 11) is 1.51. The Labute approximate surface area is 157 Å². The Morgan fingerprint density at radius 2 is 2.23 bits per heavy atom. The third kappa shape index (κ3) is 3.69. The van der Waals surface area contributed by atoms with Gasteiger partial charge >= 0.3 is 0 Å². The maximum absolute atomic E-state index is 12.0. The first kappa shape index (κ1) is 17.9. The number of fused-ring (bicyclic) bond motifs is 1. The molecule has 0 radical (unpaired) electrons. The highest BCUT2D eigenvalue weighted by Crippen LogP contribution is 2.31. The highest BCUT2D eigenvalue weighted by Gasteiger charge is 2.11. The number of ether oxygens (including phenoxy) is 2. The van der Waals surface area contributed by atoms with Gasteiger partial charge in [0.1, 0.15) is 6.07 Å². The fraction of sp³-hybridized carbons (Fsp3) is 0.176. The van der Waals surface area contributed by atoms with Crippen LogP contribution >= 0.6 is 22.9 Å². The third-order valence-electron chi connectivity index (χ3n) is 3.35. The summed E-state index contributed by atoms with van der Waals surface area (Å²) in [5, 5.41) is 13.7. The summed E-state index contributed by atoms with van der Waals surface area (Å²) in [6, 6.07) is 8.53. The summed E-state index contributed by atoms with van der Waals surface area (Å²) in [5.41, 5.74) is 1.13. The molecule has 2 aromatic heterocycles. The van der Waals surface area contributed by atoms with Gasteiger partial charge in [-0.15, -0.1) is 0 Å². The van der Waals surface area contributed by atoms with Gasteiger partial charge in [0.15, 0.2) is 23.1 Å². The number of benzene rings is 1. The van der Waals surface area contributed by atoms with Crippen molar-refractivity contribution in [3.05, 3.63) is 50.9 Å². The molecule has 1 aromatic carbocycles. The van der Waals surface area contributed by atoms with Crippen molar-refractivity contribution in [3.8, 4) is 17.6 Å². The van der Waals surface area contributed by atoms with Gasteiger partial charge in [0, 0.05) is 11.8 Å². The van der Waals surface area contributed by atoms with Gasteiger partial charge in [-0.3, -0.25) is 4.79 Å². The first-order valence-electron chi connectivity index (χ1n) is 7.44. The number of halogens is 1. The van der Waals surface area contributed by atoms with E-state index in [1.54, 1.807) is 31.2 Å².